The average molecular weight is 162 g/mol. The highest BCUT2D eigenvalue weighted by atomic mass is 16.7. The van der Waals surface area contributed by atoms with Crippen molar-refractivity contribution in [2.75, 3.05) is 13.2 Å². The highest BCUT2D eigenvalue weighted by Gasteiger charge is 2.25. The number of carbonyl (C=O) groups is 1. The van der Waals surface area contributed by atoms with E-state index in [1.807, 2.05) is 0 Å². The van der Waals surface area contributed by atoms with E-state index in [0.29, 0.717) is 13.2 Å². The van der Waals surface area contributed by atoms with E-state index in [9.17, 15) is 4.79 Å². The largest absolute Gasteiger partial charge is 0.415 e. The van der Waals surface area contributed by atoms with Gasteiger partial charge in [-0.3, -0.25) is 0 Å². The molecule has 0 spiro atoms. The molecule has 1 rings (SSSR count). The molecule has 11 heavy (non-hydrogen) atoms. The SMILES string of the molecule is NC(=O)OC1OCCOC1N. The molecule has 1 aliphatic heterocycles. The third-order valence-corrected chi connectivity index (χ3v) is 1.18. The summed E-state index contributed by atoms with van der Waals surface area (Å²) in [5.74, 6) is 0. The van der Waals surface area contributed by atoms with E-state index in [2.05, 4.69) is 4.74 Å². The van der Waals surface area contributed by atoms with Gasteiger partial charge in [0.25, 0.3) is 0 Å². The number of primary amides is 1. The Morgan fingerprint density at radius 1 is 1.45 bits per heavy atom. The van der Waals surface area contributed by atoms with Crippen LogP contribution in [0.2, 0.25) is 0 Å². The first kappa shape index (κ1) is 8.25. The minimum absolute atomic E-state index is 0.353. The fourth-order valence-corrected chi connectivity index (χ4v) is 0.737. The van der Waals surface area contributed by atoms with Gasteiger partial charge in [-0.25, -0.2) is 4.79 Å². The second kappa shape index (κ2) is 3.51. The lowest BCUT2D eigenvalue weighted by atomic mass is 10.5. The first-order valence-electron chi connectivity index (χ1n) is 3.15. The summed E-state index contributed by atoms with van der Waals surface area (Å²) in [7, 11) is 0. The van der Waals surface area contributed by atoms with Crippen molar-refractivity contribution in [3.05, 3.63) is 0 Å². The van der Waals surface area contributed by atoms with Crippen molar-refractivity contribution in [2.45, 2.75) is 12.5 Å². The fraction of sp³-hybridized carbons (Fsp3) is 0.800. The summed E-state index contributed by atoms with van der Waals surface area (Å²) in [6, 6.07) is 0. The second-order valence-electron chi connectivity index (χ2n) is 2.01. The van der Waals surface area contributed by atoms with E-state index in [0.717, 1.165) is 0 Å². The lowest BCUT2D eigenvalue weighted by molar-refractivity contribution is -0.221. The van der Waals surface area contributed by atoms with Crippen LogP contribution in [0.5, 0.6) is 0 Å². The molecule has 1 aliphatic rings. The number of amides is 1. The molecule has 2 unspecified atom stereocenters. The zero-order chi connectivity index (χ0) is 8.27. The van der Waals surface area contributed by atoms with Crippen LogP contribution in [0, 0.1) is 0 Å². The molecular weight excluding hydrogens is 152 g/mol. The van der Waals surface area contributed by atoms with Gasteiger partial charge in [-0.1, -0.05) is 0 Å². The smallest absolute Gasteiger partial charge is 0.406 e. The van der Waals surface area contributed by atoms with Crippen LogP contribution in [0.4, 0.5) is 4.79 Å². The van der Waals surface area contributed by atoms with Crippen molar-refractivity contribution in [1.29, 1.82) is 0 Å². The predicted molar refractivity (Wildman–Crippen MR) is 34.3 cm³/mol. The van der Waals surface area contributed by atoms with Crippen molar-refractivity contribution in [3.63, 3.8) is 0 Å². The lowest BCUT2D eigenvalue weighted by Gasteiger charge is -2.27. The molecule has 0 aliphatic carbocycles. The van der Waals surface area contributed by atoms with Crippen molar-refractivity contribution in [1.82, 2.24) is 0 Å². The Hall–Kier alpha value is -0.850. The molecule has 1 amide bonds. The fourth-order valence-electron chi connectivity index (χ4n) is 0.737. The molecule has 0 aromatic carbocycles. The van der Waals surface area contributed by atoms with Gasteiger partial charge in [-0.2, -0.15) is 0 Å². The summed E-state index contributed by atoms with van der Waals surface area (Å²) in [6.07, 6.45) is -2.53. The van der Waals surface area contributed by atoms with Crippen LogP contribution in [-0.2, 0) is 14.2 Å². The Kier molecular flexibility index (Phi) is 2.64. The Morgan fingerprint density at radius 2 is 2.09 bits per heavy atom. The van der Waals surface area contributed by atoms with E-state index in [-0.39, 0.29) is 0 Å². The predicted octanol–water partition coefficient (Wildman–Crippen LogP) is -1.26. The maximum absolute atomic E-state index is 10.2. The van der Waals surface area contributed by atoms with Gasteiger partial charge in [0, 0.05) is 0 Å². The van der Waals surface area contributed by atoms with Crippen LogP contribution in [0.1, 0.15) is 0 Å². The van der Waals surface area contributed by atoms with Gasteiger partial charge < -0.3 is 25.7 Å². The number of ether oxygens (including phenoxy) is 3. The number of hydrogen-bond acceptors (Lipinski definition) is 5. The maximum Gasteiger partial charge on any atom is 0.406 e. The van der Waals surface area contributed by atoms with E-state index < -0.39 is 18.6 Å². The molecule has 0 saturated carbocycles. The van der Waals surface area contributed by atoms with Crippen LogP contribution in [-0.4, -0.2) is 31.8 Å². The monoisotopic (exact) mass is 162 g/mol. The second-order valence-corrected chi connectivity index (χ2v) is 2.01. The van der Waals surface area contributed by atoms with E-state index in [1.54, 1.807) is 0 Å². The van der Waals surface area contributed by atoms with Gasteiger partial charge in [0.05, 0.1) is 13.2 Å². The summed E-state index contributed by atoms with van der Waals surface area (Å²) in [5.41, 5.74) is 10.1. The number of hydrogen-bond donors (Lipinski definition) is 2. The van der Waals surface area contributed by atoms with Gasteiger partial charge in [0.1, 0.15) is 0 Å². The molecule has 4 N–H and O–H groups in total. The Bertz CT molecular complexity index is 151. The third kappa shape index (κ3) is 2.34. The first-order chi connectivity index (χ1) is 5.20. The molecule has 0 aromatic heterocycles. The standard InChI is InChI=1S/C5H10N2O4/c6-3-4(11-5(7)8)10-2-1-9-3/h3-4H,1-2,6H2,(H2,7,8). The highest BCUT2D eigenvalue weighted by Crippen LogP contribution is 2.06. The van der Waals surface area contributed by atoms with Gasteiger partial charge >= 0.3 is 6.09 Å². The normalized spacial score (nSPS) is 31.4. The minimum atomic E-state index is -0.920. The minimum Gasteiger partial charge on any atom is -0.415 e. The van der Waals surface area contributed by atoms with Crippen LogP contribution >= 0.6 is 0 Å². The van der Waals surface area contributed by atoms with Crippen molar-refractivity contribution in [2.24, 2.45) is 11.5 Å². The van der Waals surface area contributed by atoms with Gasteiger partial charge in [-0.05, 0) is 0 Å². The molecule has 1 heterocycles. The van der Waals surface area contributed by atoms with E-state index >= 15 is 0 Å². The molecule has 1 saturated heterocycles. The summed E-state index contributed by atoms with van der Waals surface area (Å²) in [5, 5.41) is 0. The Balaban J connectivity index is 2.35. The quantitative estimate of drug-likeness (QED) is 0.501. The molecule has 64 valence electrons. The molecular formula is C5H10N2O4. The van der Waals surface area contributed by atoms with Crippen molar-refractivity contribution in [3.8, 4) is 0 Å². The summed E-state index contributed by atoms with van der Waals surface area (Å²) >= 11 is 0. The zero-order valence-corrected chi connectivity index (χ0v) is 5.86. The summed E-state index contributed by atoms with van der Waals surface area (Å²) in [4.78, 5) is 10.2. The highest BCUT2D eigenvalue weighted by molar-refractivity contribution is 5.64. The molecule has 2 atom stereocenters. The van der Waals surface area contributed by atoms with Crippen LogP contribution in [0.25, 0.3) is 0 Å². The molecule has 0 radical (unpaired) electrons. The van der Waals surface area contributed by atoms with Crippen molar-refractivity contribution < 1.29 is 19.0 Å². The summed E-state index contributed by atoms with van der Waals surface area (Å²) in [6.45, 7) is 0.755. The van der Waals surface area contributed by atoms with E-state index in [4.69, 9.17) is 20.9 Å². The summed E-state index contributed by atoms with van der Waals surface area (Å²) < 4.78 is 14.3. The maximum atomic E-state index is 10.2. The topological polar surface area (TPSA) is 96.8 Å². The van der Waals surface area contributed by atoms with Gasteiger partial charge in [-0.15, -0.1) is 0 Å². The Morgan fingerprint density at radius 3 is 2.64 bits per heavy atom. The molecule has 1 fully saturated rings. The van der Waals surface area contributed by atoms with Gasteiger partial charge in [0.2, 0.25) is 6.29 Å². The first-order valence-corrected chi connectivity index (χ1v) is 3.15. The molecule has 6 nitrogen and oxygen atoms in total. The molecule has 0 bridgehead atoms. The Labute approximate surface area is 63.4 Å². The number of rotatable bonds is 1. The molecule has 6 heteroatoms. The lowest BCUT2D eigenvalue weighted by Crippen LogP contribution is -2.47. The van der Waals surface area contributed by atoms with E-state index in [1.165, 1.54) is 0 Å². The average Bonchev–Trinajstić information content (AvgIpc) is 1.93. The van der Waals surface area contributed by atoms with Crippen LogP contribution in [0.15, 0.2) is 0 Å². The molecule has 0 aromatic rings. The van der Waals surface area contributed by atoms with Crippen LogP contribution < -0.4 is 11.5 Å². The van der Waals surface area contributed by atoms with Gasteiger partial charge in [0.15, 0.2) is 6.23 Å². The third-order valence-electron chi connectivity index (χ3n) is 1.18. The zero-order valence-electron chi connectivity index (χ0n) is 5.86. The van der Waals surface area contributed by atoms with Crippen LogP contribution in [0.3, 0.4) is 0 Å². The number of nitrogens with two attached hydrogens (primary N) is 2. The number of carbonyl (C=O) groups excluding carboxylic acids is 1. The van der Waals surface area contributed by atoms with Crippen molar-refractivity contribution >= 4 is 6.09 Å².